The van der Waals surface area contributed by atoms with Gasteiger partial charge in [-0.1, -0.05) is 24.3 Å². The summed E-state index contributed by atoms with van der Waals surface area (Å²) >= 11 is 0. The Morgan fingerprint density at radius 2 is 2.00 bits per heavy atom. The highest BCUT2D eigenvalue weighted by molar-refractivity contribution is 7.82. The average Bonchev–Trinajstić information content (AvgIpc) is 2.51. The summed E-state index contributed by atoms with van der Waals surface area (Å²) in [4.78, 5) is 0. The molecule has 2 N–H and O–H groups in total. The Labute approximate surface area is 86.4 Å². The Morgan fingerprint density at radius 1 is 1.27 bits per heavy atom. The first-order chi connectivity index (χ1) is 7.01. The molecule has 1 aromatic carbocycles. The smallest absolute Gasteiger partial charge is 0.361 e. The predicted octanol–water partition coefficient (Wildman–Crippen LogP) is 0.444. The van der Waals surface area contributed by atoms with E-state index < -0.39 is 16.1 Å². The van der Waals surface area contributed by atoms with Crippen LogP contribution >= 0.6 is 0 Å². The molecular formula is C9H7NO4S. The molecule has 1 saturated heterocycles. The van der Waals surface area contributed by atoms with Crippen LogP contribution in [0.4, 0.5) is 0 Å². The molecule has 1 aliphatic carbocycles. The van der Waals surface area contributed by atoms with Gasteiger partial charge >= 0.3 is 10.4 Å². The molecule has 5 nitrogen and oxygen atoms in total. The van der Waals surface area contributed by atoms with Crippen LogP contribution in [0.3, 0.4) is 0 Å². The molecule has 1 fully saturated rings. The highest BCUT2D eigenvalue weighted by atomic mass is 32.3. The summed E-state index contributed by atoms with van der Waals surface area (Å²) in [5.74, 6) is 0.115. The molecule has 0 aromatic heterocycles. The van der Waals surface area contributed by atoms with E-state index in [2.05, 4.69) is 4.18 Å². The van der Waals surface area contributed by atoms with E-state index in [0.29, 0.717) is 5.56 Å². The normalized spacial score (nSPS) is 30.3. The largest absolute Gasteiger partial charge is 0.451 e. The molecule has 0 bridgehead atoms. The van der Waals surface area contributed by atoms with Crippen LogP contribution < -0.4 is 5.73 Å². The lowest BCUT2D eigenvalue weighted by Gasteiger charge is -2.16. The molecular weight excluding hydrogens is 218 g/mol. The zero-order chi connectivity index (χ0) is 10.7. The SMILES string of the molecule is NC12OS(=O)(=O)OC1=Cc1ccccc12. The highest BCUT2D eigenvalue weighted by Crippen LogP contribution is 2.45. The first-order valence-corrected chi connectivity index (χ1v) is 5.60. The first kappa shape index (κ1) is 8.90. The number of hydrogen-bond acceptors (Lipinski definition) is 5. The van der Waals surface area contributed by atoms with E-state index in [9.17, 15) is 8.42 Å². The molecule has 1 heterocycles. The van der Waals surface area contributed by atoms with Gasteiger partial charge in [0.2, 0.25) is 5.72 Å². The van der Waals surface area contributed by atoms with Gasteiger partial charge in [0.15, 0.2) is 5.76 Å². The summed E-state index contributed by atoms with van der Waals surface area (Å²) in [5, 5.41) is 0. The van der Waals surface area contributed by atoms with Gasteiger partial charge in [0.05, 0.1) is 0 Å². The van der Waals surface area contributed by atoms with Crippen LogP contribution in [0.2, 0.25) is 0 Å². The fourth-order valence-electron chi connectivity index (χ4n) is 1.80. The molecule has 3 rings (SSSR count). The number of benzene rings is 1. The third kappa shape index (κ3) is 1.06. The third-order valence-electron chi connectivity index (χ3n) is 2.44. The fourth-order valence-corrected chi connectivity index (χ4v) is 2.72. The van der Waals surface area contributed by atoms with Gasteiger partial charge in [-0.2, -0.15) is 8.42 Å². The van der Waals surface area contributed by atoms with Gasteiger partial charge in [0.1, 0.15) is 0 Å². The summed E-state index contributed by atoms with van der Waals surface area (Å²) in [7, 11) is -4.00. The van der Waals surface area contributed by atoms with Crippen molar-refractivity contribution in [3.63, 3.8) is 0 Å². The minimum Gasteiger partial charge on any atom is -0.361 e. The predicted molar refractivity (Wildman–Crippen MR) is 51.4 cm³/mol. The standard InChI is InChI=1S/C9H7NO4S/c10-9-7-4-2-1-3-6(7)5-8(9)13-15(11,12)14-9/h1-5H,10H2. The van der Waals surface area contributed by atoms with Crippen molar-refractivity contribution < 1.29 is 16.8 Å². The number of hydrogen-bond donors (Lipinski definition) is 1. The Hall–Kier alpha value is -1.37. The van der Waals surface area contributed by atoms with Gasteiger partial charge in [0.25, 0.3) is 0 Å². The average molecular weight is 225 g/mol. The van der Waals surface area contributed by atoms with E-state index in [1.54, 1.807) is 18.2 Å². The molecule has 1 aromatic rings. The van der Waals surface area contributed by atoms with E-state index in [0.717, 1.165) is 5.56 Å². The number of fused-ring (bicyclic) bond motifs is 3. The van der Waals surface area contributed by atoms with Gasteiger partial charge in [-0.25, -0.2) is 4.18 Å². The minimum atomic E-state index is -4.00. The van der Waals surface area contributed by atoms with Crippen molar-refractivity contribution in [3.8, 4) is 0 Å². The molecule has 1 atom stereocenters. The van der Waals surface area contributed by atoms with E-state index in [-0.39, 0.29) is 5.76 Å². The summed E-state index contributed by atoms with van der Waals surface area (Å²) in [5.41, 5.74) is 5.79. The van der Waals surface area contributed by atoms with Gasteiger partial charge in [0, 0.05) is 5.56 Å². The van der Waals surface area contributed by atoms with Gasteiger partial charge in [-0.3, -0.25) is 5.73 Å². The Bertz CT molecular complexity index is 578. The first-order valence-electron chi connectivity index (χ1n) is 4.27. The van der Waals surface area contributed by atoms with E-state index in [4.69, 9.17) is 9.92 Å². The van der Waals surface area contributed by atoms with Crippen LogP contribution in [0.5, 0.6) is 0 Å². The third-order valence-corrected chi connectivity index (χ3v) is 3.29. The quantitative estimate of drug-likeness (QED) is 0.693. The van der Waals surface area contributed by atoms with E-state index >= 15 is 0 Å². The minimum absolute atomic E-state index is 0.115. The van der Waals surface area contributed by atoms with Crippen LogP contribution in [-0.2, 0) is 24.5 Å². The van der Waals surface area contributed by atoms with Crippen molar-refractivity contribution in [2.24, 2.45) is 5.73 Å². The monoisotopic (exact) mass is 225 g/mol. The van der Waals surface area contributed by atoms with Crippen LogP contribution in [0, 0.1) is 0 Å². The molecule has 0 radical (unpaired) electrons. The number of rotatable bonds is 0. The molecule has 6 heteroatoms. The zero-order valence-electron chi connectivity index (χ0n) is 7.51. The summed E-state index contributed by atoms with van der Waals surface area (Å²) in [6.07, 6.45) is 1.57. The van der Waals surface area contributed by atoms with E-state index in [1.165, 1.54) is 0 Å². The van der Waals surface area contributed by atoms with Gasteiger partial charge in [-0.15, -0.1) is 0 Å². The van der Waals surface area contributed by atoms with Crippen molar-refractivity contribution in [3.05, 3.63) is 41.2 Å². The van der Waals surface area contributed by atoms with Crippen molar-refractivity contribution in [2.75, 3.05) is 0 Å². The Balaban J connectivity index is 2.25. The van der Waals surface area contributed by atoms with Crippen molar-refractivity contribution in [1.29, 1.82) is 0 Å². The van der Waals surface area contributed by atoms with Gasteiger partial charge in [-0.05, 0) is 11.6 Å². The molecule has 78 valence electrons. The fraction of sp³-hybridized carbons (Fsp3) is 0.111. The summed E-state index contributed by atoms with van der Waals surface area (Å²) < 4.78 is 31.6. The summed E-state index contributed by atoms with van der Waals surface area (Å²) in [6.45, 7) is 0. The lowest BCUT2D eigenvalue weighted by Crippen LogP contribution is -2.36. The molecule has 2 aliphatic rings. The lowest BCUT2D eigenvalue weighted by molar-refractivity contribution is 0.144. The molecule has 0 amide bonds. The molecule has 1 aliphatic heterocycles. The van der Waals surface area contributed by atoms with Crippen molar-refractivity contribution in [1.82, 2.24) is 0 Å². The van der Waals surface area contributed by atoms with Crippen LogP contribution in [0.15, 0.2) is 30.0 Å². The second-order valence-electron chi connectivity index (χ2n) is 3.41. The Morgan fingerprint density at radius 3 is 2.80 bits per heavy atom. The lowest BCUT2D eigenvalue weighted by atomic mass is 10.0. The Kier molecular flexibility index (Phi) is 1.43. The van der Waals surface area contributed by atoms with Crippen molar-refractivity contribution >= 4 is 16.5 Å². The van der Waals surface area contributed by atoms with Crippen molar-refractivity contribution in [2.45, 2.75) is 5.72 Å². The maximum Gasteiger partial charge on any atom is 0.451 e. The second kappa shape index (κ2) is 2.41. The zero-order valence-corrected chi connectivity index (χ0v) is 8.32. The topological polar surface area (TPSA) is 78.6 Å². The maximum absolute atomic E-state index is 11.1. The van der Waals surface area contributed by atoms with Crippen LogP contribution in [0.1, 0.15) is 11.1 Å². The number of nitrogens with two attached hydrogens (primary N) is 1. The highest BCUT2D eigenvalue weighted by Gasteiger charge is 2.52. The molecule has 15 heavy (non-hydrogen) atoms. The molecule has 1 unspecified atom stereocenters. The molecule has 0 spiro atoms. The second-order valence-corrected chi connectivity index (χ2v) is 4.56. The molecule has 0 saturated carbocycles. The van der Waals surface area contributed by atoms with Crippen LogP contribution in [0.25, 0.3) is 6.08 Å². The summed E-state index contributed by atoms with van der Waals surface area (Å²) in [6, 6.07) is 7.12. The van der Waals surface area contributed by atoms with Gasteiger partial charge < -0.3 is 4.18 Å². The maximum atomic E-state index is 11.1. The van der Waals surface area contributed by atoms with Crippen LogP contribution in [-0.4, -0.2) is 8.42 Å². The van der Waals surface area contributed by atoms with E-state index in [1.807, 2.05) is 12.1 Å².